The van der Waals surface area contributed by atoms with Crippen LogP contribution in [-0.2, 0) is 10.2 Å². The van der Waals surface area contributed by atoms with Gasteiger partial charge in [0, 0.05) is 5.41 Å². The summed E-state index contributed by atoms with van der Waals surface area (Å²) in [5, 5.41) is 0. The Kier molecular flexibility index (Phi) is 3.30. The van der Waals surface area contributed by atoms with Gasteiger partial charge < -0.3 is 5.73 Å². The molecule has 0 aromatic heterocycles. The van der Waals surface area contributed by atoms with Crippen LogP contribution in [0.5, 0.6) is 0 Å². The monoisotopic (exact) mass is 205 g/mol. The molecule has 2 heteroatoms. The van der Waals surface area contributed by atoms with Crippen molar-refractivity contribution in [1.82, 2.24) is 0 Å². The molecule has 1 aromatic rings. The van der Waals surface area contributed by atoms with Gasteiger partial charge in [-0.25, -0.2) is 0 Å². The van der Waals surface area contributed by atoms with Crippen LogP contribution in [0.15, 0.2) is 18.2 Å². The van der Waals surface area contributed by atoms with Crippen molar-refractivity contribution in [3.05, 3.63) is 34.9 Å². The number of hydrogen-bond donors (Lipinski definition) is 1. The van der Waals surface area contributed by atoms with Gasteiger partial charge in [-0.2, -0.15) is 0 Å². The normalized spacial score (nSPS) is 11.5. The van der Waals surface area contributed by atoms with E-state index in [0.717, 1.165) is 5.56 Å². The summed E-state index contributed by atoms with van der Waals surface area (Å²) in [6, 6.07) is 6.13. The molecular weight excluding hydrogens is 186 g/mol. The predicted molar refractivity (Wildman–Crippen MR) is 63.0 cm³/mol. The van der Waals surface area contributed by atoms with Crippen molar-refractivity contribution >= 4 is 5.78 Å². The van der Waals surface area contributed by atoms with Gasteiger partial charge in [0.05, 0.1) is 6.54 Å². The summed E-state index contributed by atoms with van der Waals surface area (Å²) >= 11 is 0. The highest BCUT2D eigenvalue weighted by Gasteiger charge is 2.28. The largest absolute Gasteiger partial charge is 0.324 e. The lowest BCUT2D eigenvalue weighted by atomic mass is 9.79. The lowest BCUT2D eigenvalue weighted by Gasteiger charge is -2.23. The molecule has 1 rings (SSSR count). The summed E-state index contributed by atoms with van der Waals surface area (Å²) in [6.07, 6.45) is 0. The van der Waals surface area contributed by atoms with Gasteiger partial charge in [0.25, 0.3) is 0 Å². The molecule has 82 valence electrons. The van der Waals surface area contributed by atoms with E-state index in [4.69, 9.17) is 5.73 Å². The number of carbonyl (C=O) groups is 1. The third-order valence-corrected chi connectivity index (χ3v) is 3.11. The van der Waals surface area contributed by atoms with Gasteiger partial charge in [-0.1, -0.05) is 18.2 Å². The van der Waals surface area contributed by atoms with Crippen molar-refractivity contribution in [2.24, 2.45) is 5.73 Å². The van der Waals surface area contributed by atoms with E-state index in [9.17, 15) is 4.79 Å². The van der Waals surface area contributed by atoms with Crippen molar-refractivity contribution in [2.75, 3.05) is 6.54 Å². The van der Waals surface area contributed by atoms with Crippen molar-refractivity contribution in [2.45, 2.75) is 33.1 Å². The van der Waals surface area contributed by atoms with Crippen LogP contribution in [0.4, 0.5) is 0 Å². The van der Waals surface area contributed by atoms with Gasteiger partial charge >= 0.3 is 0 Å². The summed E-state index contributed by atoms with van der Waals surface area (Å²) < 4.78 is 0. The Hall–Kier alpha value is -1.15. The van der Waals surface area contributed by atoms with Crippen LogP contribution in [0, 0.1) is 13.8 Å². The minimum absolute atomic E-state index is 0.0748. The predicted octanol–water partition coefficient (Wildman–Crippen LogP) is 2.11. The molecular formula is C13H19NO. The minimum atomic E-state index is -0.479. The number of Topliss-reactive ketones (excluding diaryl/α,β-unsaturated/α-hetero) is 1. The number of benzene rings is 1. The van der Waals surface area contributed by atoms with E-state index in [-0.39, 0.29) is 12.3 Å². The summed E-state index contributed by atoms with van der Waals surface area (Å²) in [4.78, 5) is 11.7. The molecule has 2 nitrogen and oxygen atoms in total. The van der Waals surface area contributed by atoms with Gasteiger partial charge in [0.1, 0.15) is 0 Å². The highest BCUT2D eigenvalue weighted by Crippen LogP contribution is 2.25. The third-order valence-electron chi connectivity index (χ3n) is 3.11. The zero-order valence-electron chi connectivity index (χ0n) is 9.92. The zero-order chi connectivity index (χ0) is 11.6. The van der Waals surface area contributed by atoms with Gasteiger partial charge in [-0.3, -0.25) is 4.79 Å². The van der Waals surface area contributed by atoms with E-state index in [2.05, 4.69) is 26.0 Å². The fraction of sp³-hybridized carbons (Fsp3) is 0.462. The SMILES string of the molecule is Cc1ccc(C(C)(C)C(=O)CN)cc1C. The summed E-state index contributed by atoms with van der Waals surface area (Å²) in [5.74, 6) is 0.0748. The molecule has 0 aliphatic rings. The molecule has 0 atom stereocenters. The van der Waals surface area contributed by atoms with Crippen LogP contribution in [0.1, 0.15) is 30.5 Å². The van der Waals surface area contributed by atoms with E-state index in [0.29, 0.717) is 0 Å². The Morgan fingerprint density at radius 1 is 1.27 bits per heavy atom. The number of aryl methyl sites for hydroxylation is 2. The van der Waals surface area contributed by atoms with Gasteiger partial charge in [-0.15, -0.1) is 0 Å². The smallest absolute Gasteiger partial charge is 0.156 e. The van der Waals surface area contributed by atoms with E-state index in [1.165, 1.54) is 11.1 Å². The third kappa shape index (κ3) is 2.26. The Bertz CT molecular complexity index is 380. The number of carbonyl (C=O) groups excluding carboxylic acids is 1. The lowest BCUT2D eigenvalue weighted by molar-refractivity contribution is -0.122. The summed E-state index contributed by atoms with van der Waals surface area (Å²) in [5.41, 5.74) is 8.44. The first-order valence-electron chi connectivity index (χ1n) is 5.20. The Labute approximate surface area is 91.5 Å². The molecule has 2 N–H and O–H groups in total. The van der Waals surface area contributed by atoms with Crippen molar-refractivity contribution in [3.63, 3.8) is 0 Å². The molecule has 0 heterocycles. The second kappa shape index (κ2) is 4.15. The molecule has 0 amide bonds. The average Bonchev–Trinajstić information content (AvgIpc) is 2.20. The molecule has 15 heavy (non-hydrogen) atoms. The first-order chi connectivity index (χ1) is 6.89. The molecule has 0 aliphatic heterocycles. The molecule has 0 unspecified atom stereocenters. The number of hydrogen-bond acceptors (Lipinski definition) is 2. The van der Waals surface area contributed by atoms with Crippen molar-refractivity contribution in [1.29, 1.82) is 0 Å². The Balaban J connectivity index is 3.16. The molecule has 0 radical (unpaired) electrons. The van der Waals surface area contributed by atoms with Crippen LogP contribution in [0.3, 0.4) is 0 Å². The first-order valence-corrected chi connectivity index (χ1v) is 5.20. The van der Waals surface area contributed by atoms with Gasteiger partial charge in [0.2, 0.25) is 0 Å². The van der Waals surface area contributed by atoms with E-state index < -0.39 is 5.41 Å². The second-order valence-corrected chi connectivity index (χ2v) is 4.55. The Morgan fingerprint density at radius 2 is 1.87 bits per heavy atom. The van der Waals surface area contributed by atoms with E-state index in [1.807, 2.05) is 19.9 Å². The maximum Gasteiger partial charge on any atom is 0.156 e. The molecule has 0 spiro atoms. The highest BCUT2D eigenvalue weighted by atomic mass is 16.1. The number of rotatable bonds is 3. The number of nitrogens with two attached hydrogens (primary N) is 1. The zero-order valence-corrected chi connectivity index (χ0v) is 9.92. The molecule has 0 aliphatic carbocycles. The van der Waals surface area contributed by atoms with Crippen LogP contribution < -0.4 is 5.73 Å². The van der Waals surface area contributed by atoms with E-state index in [1.54, 1.807) is 0 Å². The maximum absolute atomic E-state index is 11.7. The first kappa shape index (κ1) is 11.9. The van der Waals surface area contributed by atoms with Crippen molar-refractivity contribution in [3.8, 4) is 0 Å². The molecule has 0 fully saturated rings. The molecule has 0 saturated carbocycles. The average molecular weight is 205 g/mol. The quantitative estimate of drug-likeness (QED) is 0.821. The van der Waals surface area contributed by atoms with Gasteiger partial charge in [0.15, 0.2) is 5.78 Å². The fourth-order valence-corrected chi connectivity index (χ4v) is 1.55. The molecule has 0 bridgehead atoms. The summed E-state index contributed by atoms with van der Waals surface area (Å²) in [6.45, 7) is 8.07. The molecule has 0 saturated heterocycles. The maximum atomic E-state index is 11.7. The topological polar surface area (TPSA) is 43.1 Å². The standard InChI is InChI=1S/C13H19NO/c1-9-5-6-11(7-10(9)2)13(3,4)12(15)8-14/h5-7H,8,14H2,1-4H3. The molecule has 1 aromatic carbocycles. The highest BCUT2D eigenvalue weighted by molar-refractivity contribution is 5.90. The second-order valence-electron chi connectivity index (χ2n) is 4.55. The van der Waals surface area contributed by atoms with E-state index >= 15 is 0 Å². The van der Waals surface area contributed by atoms with Crippen LogP contribution in [-0.4, -0.2) is 12.3 Å². The lowest BCUT2D eigenvalue weighted by Crippen LogP contribution is -2.34. The summed E-state index contributed by atoms with van der Waals surface area (Å²) in [7, 11) is 0. The fourth-order valence-electron chi connectivity index (χ4n) is 1.55. The van der Waals surface area contributed by atoms with Gasteiger partial charge in [-0.05, 0) is 44.4 Å². The van der Waals surface area contributed by atoms with Crippen LogP contribution in [0.25, 0.3) is 0 Å². The Morgan fingerprint density at radius 3 is 2.33 bits per heavy atom. The van der Waals surface area contributed by atoms with Crippen LogP contribution in [0.2, 0.25) is 0 Å². The van der Waals surface area contributed by atoms with Crippen LogP contribution >= 0.6 is 0 Å². The minimum Gasteiger partial charge on any atom is -0.324 e. The number of ketones is 1. The van der Waals surface area contributed by atoms with Crippen molar-refractivity contribution < 1.29 is 4.79 Å².